The summed E-state index contributed by atoms with van der Waals surface area (Å²) in [5, 5.41) is 4.38. The molecule has 2 heterocycles. The van der Waals surface area contributed by atoms with E-state index in [1.165, 1.54) is 0 Å². The van der Waals surface area contributed by atoms with E-state index in [4.69, 9.17) is 47.4 Å². The van der Waals surface area contributed by atoms with E-state index in [2.05, 4.69) is 10.0 Å². The first-order valence-corrected chi connectivity index (χ1v) is 23.0. The molecule has 0 radical (unpaired) electrons. The second-order valence-corrected chi connectivity index (χ2v) is 16.7. The summed E-state index contributed by atoms with van der Waals surface area (Å²) in [5.41, 5.74) is 16.1. The van der Waals surface area contributed by atoms with Gasteiger partial charge in [0.25, 0.3) is 0 Å². The molecule has 0 bridgehead atoms. The summed E-state index contributed by atoms with van der Waals surface area (Å²) in [6.45, 7) is 1.67. The number of methoxy groups -OCH3 is 1. The van der Waals surface area contributed by atoms with Crippen LogP contribution in [0.5, 0.6) is 0 Å². The summed E-state index contributed by atoms with van der Waals surface area (Å²) in [7, 11) is 1.58. The molecule has 68 heavy (non-hydrogen) atoms. The molecule has 8 rings (SSSR count). The molecule has 0 spiro atoms. The monoisotopic (exact) mass is 921 g/mol. The molecule has 2 fully saturated rings. The van der Waals surface area contributed by atoms with Crippen LogP contribution in [0.25, 0.3) is 10.4 Å². The van der Waals surface area contributed by atoms with Gasteiger partial charge in [0.1, 0.15) is 48.8 Å². The topological polar surface area (TPSA) is 141 Å². The molecule has 6 aromatic carbocycles. The average Bonchev–Trinajstić information content (AvgIpc) is 3.39. The number of nitrogens with zero attached hydrogens (tertiary/aromatic N) is 3. The fraction of sp³-hybridized carbons (Fsp3) is 0.345. The first-order chi connectivity index (χ1) is 33.6. The lowest BCUT2D eigenvalue weighted by Gasteiger charge is -2.49. The molecule has 2 saturated heterocycles. The van der Waals surface area contributed by atoms with Crippen molar-refractivity contribution in [2.24, 2.45) is 5.11 Å². The van der Waals surface area contributed by atoms with E-state index in [-0.39, 0.29) is 39.6 Å². The minimum Gasteiger partial charge on any atom is -0.374 e. The highest BCUT2D eigenvalue weighted by Crippen LogP contribution is 2.36. The predicted octanol–water partition coefficient (Wildman–Crippen LogP) is 9.92. The maximum atomic E-state index is 10.3. The van der Waals surface area contributed by atoms with Crippen LogP contribution in [0.4, 0.5) is 0 Å². The van der Waals surface area contributed by atoms with Gasteiger partial charge in [0.2, 0.25) is 0 Å². The van der Waals surface area contributed by atoms with Crippen molar-refractivity contribution in [3.8, 4) is 0 Å². The zero-order valence-corrected chi connectivity index (χ0v) is 38.2. The van der Waals surface area contributed by atoms with Crippen molar-refractivity contribution in [3.05, 3.63) is 226 Å². The van der Waals surface area contributed by atoms with Gasteiger partial charge in [-0.05, 0) is 38.9 Å². The molecular formula is C55H59N3O10. The van der Waals surface area contributed by atoms with Crippen LogP contribution in [0.15, 0.2) is 187 Å². The maximum absolute atomic E-state index is 10.3. The summed E-state index contributed by atoms with van der Waals surface area (Å²) in [4.78, 5) is 3.35. The van der Waals surface area contributed by atoms with Crippen LogP contribution in [0, 0.1) is 0 Å². The largest absolute Gasteiger partial charge is 0.374 e. The number of hydrogen-bond donors (Lipinski definition) is 0. The lowest BCUT2D eigenvalue weighted by atomic mass is 9.95. The molecule has 2 aliphatic rings. The third-order valence-corrected chi connectivity index (χ3v) is 11.8. The molecule has 0 aromatic heterocycles. The van der Waals surface area contributed by atoms with Crippen molar-refractivity contribution in [1.82, 2.24) is 0 Å². The number of benzene rings is 6. The molecule has 0 N–H and O–H groups in total. The zero-order valence-electron chi connectivity index (χ0n) is 38.2. The lowest BCUT2D eigenvalue weighted by molar-refractivity contribution is -0.358. The van der Waals surface area contributed by atoms with Crippen LogP contribution in [-0.2, 0) is 87.0 Å². The summed E-state index contributed by atoms with van der Waals surface area (Å²) >= 11 is 0. The highest BCUT2D eigenvalue weighted by molar-refractivity contribution is 5.18. The molecule has 13 heteroatoms. The van der Waals surface area contributed by atoms with Crippen LogP contribution in [-0.4, -0.2) is 81.7 Å². The van der Waals surface area contributed by atoms with E-state index < -0.39 is 61.3 Å². The standard InChI is InChI=1S/C55H59N3O10/c1-59-55-53(65-37-45-30-18-7-19-31-45)52(64-36-44-28-16-6-17-29-44)50(47(67-55)39-61-33-41-22-10-3-11-23-41)68-54-48(57-58-56)51(63-35-43-26-14-5-15-27-43)49(62-34-42-24-12-4-13-25-42)46(66-54)38-60-32-40-20-8-2-9-21-40/h2-31,46-55H,32-39H2,1H3/t46-,47-,48-,49+,50-,51-,52+,53-,54+,55-/m1/s1. The number of rotatable bonds is 24. The van der Waals surface area contributed by atoms with E-state index in [1.54, 1.807) is 7.11 Å². The Kier molecular flexibility index (Phi) is 18.7. The van der Waals surface area contributed by atoms with Gasteiger partial charge in [-0.3, -0.25) is 0 Å². The quantitative estimate of drug-likeness (QED) is 0.0327. The van der Waals surface area contributed by atoms with Gasteiger partial charge >= 0.3 is 0 Å². The minimum atomic E-state index is -1.23. The molecular weight excluding hydrogens is 863 g/mol. The fourth-order valence-electron chi connectivity index (χ4n) is 8.40. The second kappa shape index (κ2) is 26.1. The van der Waals surface area contributed by atoms with Gasteiger partial charge in [-0.15, -0.1) is 0 Å². The van der Waals surface area contributed by atoms with Gasteiger partial charge in [0, 0.05) is 12.0 Å². The van der Waals surface area contributed by atoms with Crippen LogP contribution < -0.4 is 0 Å². The molecule has 10 atom stereocenters. The number of hydrogen-bond acceptors (Lipinski definition) is 11. The normalized spacial score (nSPS) is 24.8. The molecule has 0 saturated carbocycles. The van der Waals surface area contributed by atoms with Crippen molar-refractivity contribution < 1.29 is 47.4 Å². The first-order valence-electron chi connectivity index (χ1n) is 23.0. The van der Waals surface area contributed by atoms with Gasteiger partial charge < -0.3 is 47.4 Å². The smallest absolute Gasteiger partial charge is 0.186 e. The fourth-order valence-corrected chi connectivity index (χ4v) is 8.40. The molecule has 0 unspecified atom stereocenters. The van der Waals surface area contributed by atoms with Gasteiger partial charge in [-0.25, -0.2) is 0 Å². The molecule has 2 aliphatic heterocycles. The summed E-state index contributed by atoms with van der Waals surface area (Å²) in [6.07, 6.45) is -7.90. The van der Waals surface area contributed by atoms with Gasteiger partial charge in [0.05, 0.1) is 52.9 Å². The number of ether oxygens (including phenoxy) is 10. The summed E-state index contributed by atoms with van der Waals surface area (Å²) < 4.78 is 67.1. The highest BCUT2D eigenvalue weighted by Gasteiger charge is 2.54. The van der Waals surface area contributed by atoms with E-state index >= 15 is 0 Å². The molecule has 0 amide bonds. The molecule has 354 valence electrons. The Morgan fingerprint density at radius 2 is 0.750 bits per heavy atom. The summed E-state index contributed by atoms with van der Waals surface area (Å²) in [6, 6.07) is 58.1. The zero-order chi connectivity index (χ0) is 46.6. The van der Waals surface area contributed by atoms with E-state index in [0.29, 0.717) is 13.2 Å². The van der Waals surface area contributed by atoms with Crippen molar-refractivity contribution >= 4 is 0 Å². The van der Waals surface area contributed by atoms with Gasteiger partial charge in [0.15, 0.2) is 12.6 Å². The molecule has 6 aromatic rings. The Bertz CT molecular complexity index is 2370. The van der Waals surface area contributed by atoms with Gasteiger partial charge in [-0.2, -0.15) is 0 Å². The Morgan fingerprint density at radius 3 is 1.15 bits per heavy atom. The molecule has 13 nitrogen and oxygen atoms in total. The SMILES string of the molecule is CO[C@@H]1O[C@H](COCc2ccccc2)[C@@H](O[C@@H]2O[C@H](COCc3ccccc3)[C@H](OCc3ccccc3)[C@H](OCc3ccccc3)[C@H]2N=[N+]=[N-])[C@H](OCc2ccccc2)[C@H]1OCc1ccccc1. The van der Waals surface area contributed by atoms with Gasteiger partial charge in [-0.1, -0.05) is 187 Å². The Labute approximate surface area is 398 Å². The van der Waals surface area contributed by atoms with Crippen molar-refractivity contribution in [1.29, 1.82) is 0 Å². The number of azide groups is 1. The Morgan fingerprint density at radius 1 is 0.412 bits per heavy atom. The summed E-state index contributed by atoms with van der Waals surface area (Å²) in [5.74, 6) is 0. The van der Waals surface area contributed by atoms with Crippen LogP contribution >= 0.6 is 0 Å². The Hall–Kier alpha value is -5.77. The van der Waals surface area contributed by atoms with Crippen molar-refractivity contribution in [2.75, 3.05) is 20.3 Å². The third-order valence-electron chi connectivity index (χ3n) is 11.8. The maximum Gasteiger partial charge on any atom is 0.186 e. The second-order valence-electron chi connectivity index (χ2n) is 16.7. The van der Waals surface area contributed by atoms with Crippen molar-refractivity contribution in [3.63, 3.8) is 0 Å². The van der Waals surface area contributed by atoms with Crippen LogP contribution in [0.2, 0.25) is 0 Å². The van der Waals surface area contributed by atoms with Crippen LogP contribution in [0.1, 0.15) is 33.4 Å². The Balaban J connectivity index is 1.16. The van der Waals surface area contributed by atoms with Crippen molar-refractivity contribution in [2.45, 2.75) is 101 Å². The van der Waals surface area contributed by atoms with Crippen LogP contribution in [0.3, 0.4) is 0 Å². The first kappa shape index (κ1) is 48.7. The molecule has 0 aliphatic carbocycles. The predicted molar refractivity (Wildman–Crippen MR) is 254 cm³/mol. The third kappa shape index (κ3) is 13.9. The average molecular weight is 922 g/mol. The van der Waals surface area contributed by atoms with E-state index in [1.807, 2.05) is 182 Å². The highest BCUT2D eigenvalue weighted by atomic mass is 16.8. The lowest BCUT2D eigenvalue weighted by Crippen LogP contribution is -2.65. The van der Waals surface area contributed by atoms with E-state index in [9.17, 15) is 5.53 Å². The minimum absolute atomic E-state index is 0.0787. The van der Waals surface area contributed by atoms with E-state index in [0.717, 1.165) is 33.4 Å².